The fourth-order valence-corrected chi connectivity index (χ4v) is 8.16. The second kappa shape index (κ2) is 20.7. The summed E-state index contributed by atoms with van der Waals surface area (Å²) < 4.78 is 0. The second-order valence-electron chi connectivity index (χ2n) is 16.2. The molecule has 0 N–H and O–H groups in total. The Bertz CT molecular complexity index is 2790. The Balaban J connectivity index is 0.931. The third-order valence-electron chi connectivity index (χ3n) is 11.6. The molecule has 0 bridgehead atoms. The summed E-state index contributed by atoms with van der Waals surface area (Å²) in [6.45, 7) is 0. The first-order valence-corrected chi connectivity index (χ1v) is 22.2. The molecule has 0 aliphatic heterocycles. The smallest absolute Gasteiger partial charge is 0.00258 e. The van der Waals surface area contributed by atoms with Crippen molar-refractivity contribution in [2.45, 2.75) is 12.8 Å². The van der Waals surface area contributed by atoms with Gasteiger partial charge >= 0.3 is 0 Å². The van der Waals surface area contributed by atoms with Crippen LogP contribution in [0, 0.1) is 0 Å². The zero-order valence-electron chi connectivity index (χ0n) is 36.0. The number of benzene rings is 9. The summed E-state index contributed by atoms with van der Waals surface area (Å²) in [4.78, 5) is 0. The highest BCUT2D eigenvalue weighted by molar-refractivity contribution is 5.94. The molecule has 9 aromatic carbocycles. The van der Waals surface area contributed by atoms with Gasteiger partial charge < -0.3 is 0 Å². The van der Waals surface area contributed by atoms with Crippen LogP contribution in [0.4, 0.5) is 0 Å². The van der Waals surface area contributed by atoms with E-state index < -0.39 is 0 Å². The Kier molecular flexibility index (Phi) is 13.3. The van der Waals surface area contributed by atoms with E-state index in [0.29, 0.717) is 0 Å². The van der Waals surface area contributed by atoms with Crippen molar-refractivity contribution in [1.29, 1.82) is 0 Å². The van der Waals surface area contributed by atoms with E-state index in [9.17, 15) is 0 Å². The van der Waals surface area contributed by atoms with E-state index in [0.717, 1.165) is 24.0 Å². The summed E-state index contributed by atoms with van der Waals surface area (Å²) in [5, 5.41) is 0. The van der Waals surface area contributed by atoms with Gasteiger partial charge in [0.25, 0.3) is 0 Å². The summed E-state index contributed by atoms with van der Waals surface area (Å²) >= 11 is 0. The van der Waals surface area contributed by atoms with E-state index in [1.165, 1.54) is 77.9 Å². The van der Waals surface area contributed by atoms with E-state index in [4.69, 9.17) is 0 Å². The molecule has 0 heteroatoms. The molecule has 0 aromatic heterocycles. The average molecular weight is 819 g/mol. The Morgan fingerprint density at radius 3 is 0.875 bits per heavy atom. The van der Waals surface area contributed by atoms with Crippen molar-refractivity contribution in [1.82, 2.24) is 0 Å². The van der Waals surface area contributed by atoms with Gasteiger partial charge in [-0.15, -0.1) is 0 Å². The Labute approximate surface area is 379 Å². The molecule has 0 heterocycles. The minimum absolute atomic E-state index is 0.921. The lowest BCUT2D eigenvalue weighted by atomic mass is 9.93. The van der Waals surface area contributed by atoms with E-state index in [2.05, 4.69) is 279 Å². The van der Waals surface area contributed by atoms with Crippen molar-refractivity contribution >= 4 is 47.6 Å². The minimum atomic E-state index is 0.921. The zero-order valence-corrected chi connectivity index (χ0v) is 36.0. The van der Waals surface area contributed by atoms with Crippen molar-refractivity contribution < 1.29 is 0 Å². The van der Waals surface area contributed by atoms with Crippen LogP contribution in [0.3, 0.4) is 0 Å². The maximum Gasteiger partial charge on any atom is -0.00258 e. The topological polar surface area (TPSA) is 0 Å². The number of hydrogen-bond acceptors (Lipinski definition) is 0. The first kappa shape index (κ1) is 41.3. The molecule has 0 unspecified atom stereocenters. The van der Waals surface area contributed by atoms with Crippen LogP contribution in [0.5, 0.6) is 0 Å². The molecule has 0 aliphatic rings. The first-order valence-electron chi connectivity index (χ1n) is 22.2. The van der Waals surface area contributed by atoms with Crippen LogP contribution in [0.1, 0.15) is 77.9 Å². The molecule has 0 amide bonds. The highest BCUT2D eigenvalue weighted by Crippen LogP contribution is 2.31. The molecule has 9 rings (SSSR count). The molecule has 0 nitrogen and oxygen atoms in total. The van der Waals surface area contributed by atoms with Gasteiger partial charge in [-0.2, -0.15) is 0 Å². The van der Waals surface area contributed by atoms with Crippen LogP contribution < -0.4 is 0 Å². The molecule has 306 valence electrons. The highest BCUT2D eigenvalue weighted by Gasteiger charge is 2.10. The molecule has 0 aliphatic carbocycles. The van der Waals surface area contributed by atoms with Gasteiger partial charge in [-0.05, 0) is 114 Å². The van der Waals surface area contributed by atoms with Crippen LogP contribution in [-0.4, -0.2) is 0 Å². The van der Waals surface area contributed by atoms with E-state index in [1.807, 2.05) is 0 Å². The van der Waals surface area contributed by atoms with Crippen molar-refractivity contribution in [3.8, 4) is 0 Å². The lowest BCUT2D eigenvalue weighted by Gasteiger charge is -2.12. The van der Waals surface area contributed by atoms with Crippen LogP contribution in [-0.2, 0) is 12.8 Å². The summed E-state index contributed by atoms with van der Waals surface area (Å²) in [6, 6.07) is 86.9. The molecule has 0 radical (unpaired) electrons. The summed E-state index contributed by atoms with van der Waals surface area (Å²) in [5.74, 6) is 0. The Morgan fingerprint density at radius 1 is 0.234 bits per heavy atom. The van der Waals surface area contributed by atoms with E-state index in [1.54, 1.807) is 0 Å². The Hall–Kier alpha value is -8.06. The fourth-order valence-electron chi connectivity index (χ4n) is 8.16. The SMILES string of the molecule is C(=Cc1ccccc1C=C(c1ccccc1)c1ccc(Cc2ccccc2)cc1)c1ccc(C=Cc2ccccc2C=C(c2ccccc2)c2ccc(Cc3ccccc3)cc2)cc1. The van der Waals surface area contributed by atoms with Gasteiger partial charge in [-0.3, -0.25) is 0 Å². The predicted octanol–water partition coefficient (Wildman–Crippen LogP) is 16.4. The van der Waals surface area contributed by atoms with E-state index >= 15 is 0 Å². The number of hydrogen-bond donors (Lipinski definition) is 0. The van der Waals surface area contributed by atoms with Gasteiger partial charge in [0.2, 0.25) is 0 Å². The molecular formula is C64H50. The van der Waals surface area contributed by atoms with Crippen LogP contribution >= 0.6 is 0 Å². The molecule has 0 saturated carbocycles. The largest absolute Gasteiger partial charge is 0.0622 e. The molecular weight excluding hydrogens is 769 g/mol. The minimum Gasteiger partial charge on any atom is -0.0622 e. The molecule has 0 atom stereocenters. The lowest BCUT2D eigenvalue weighted by Crippen LogP contribution is -1.92. The third kappa shape index (κ3) is 10.9. The van der Waals surface area contributed by atoms with Crippen LogP contribution in [0.15, 0.2) is 243 Å². The summed E-state index contributed by atoms with van der Waals surface area (Å²) in [6.07, 6.45) is 15.4. The normalized spacial score (nSPS) is 11.9. The van der Waals surface area contributed by atoms with Gasteiger partial charge in [0.05, 0.1) is 0 Å². The maximum atomic E-state index is 2.33. The lowest BCUT2D eigenvalue weighted by molar-refractivity contribution is 1.19. The second-order valence-corrected chi connectivity index (χ2v) is 16.2. The quantitative estimate of drug-likeness (QED) is 0.0959. The van der Waals surface area contributed by atoms with Gasteiger partial charge in [0.1, 0.15) is 0 Å². The number of rotatable bonds is 14. The van der Waals surface area contributed by atoms with Gasteiger partial charge in [0.15, 0.2) is 0 Å². The monoisotopic (exact) mass is 818 g/mol. The summed E-state index contributed by atoms with van der Waals surface area (Å²) in [7, 11) is 0. The Morgan fingerprint density at radius 2 is 0.516 bits per heavy atom. The molecule has 0 fully saturated rings. The zero-order chi connectivity index (χ0) is 43.2. The predicted molar refractivity (Wildman–Crippen MR) is 275 cm³/mol. The van der Waals surface area contributed by atoms with Crippen molar-refractivity contribution in [3.63, 3.8) is 0 Å². The van der Waals surface area contributed by atoms with Crippen LogP contribution in [0.25, 0.3) is 47.6 Å². The molecule has 64 heavy (non-hydrogen) atoms. The molecule has 9 aromatic rings. The maximum absolute atomic E-state index is 2.33. The van der Waals surface area contributed by atoms with Crippen LogP contribution in [0.2, 0.25) is 0 Å². The van der Waals surface area contributed by atoms with Crippen molar-refractivity contribution in [2.24, 2.45) is 0 Å². The summed E-state index contributed by atoms with van der Waals surface area (Å²) in [5.41, 5.74) is 19.4. The molecule has 0 spiro atoms. The van der Waals surface area contributed by atoms with E-state index in [-0.39, 0.29) is 0 Å². The third-order valence-corrected chi connectivity index (χ3v) is 11.6. The standard InChI is InChI=1S/C64H50/c1-5-17-51(18-6-1)45-53-35-41-59(42-36-53)63(57-23-9-3-10-24-57)47-61-27-15-13-21-55(61)39-33-49-29-31-50(32-30-49)34-40-56-22-14-16-28-62(56)48-64(58-25-11-4-12-26-58)60-43-37-54(38-44-60)46-52-19-7-2-8-20-52/h1-44,47-48H,45-46H2. The first-order chi connectivity index (χ1) is 31.7. The van der Waals surface area contributed by atoms with Gasteiger partial charge in [-0.25, -0.2) is 0 Å². The highest BCUT2D eigenvalue weighted by atomic mass is 14.1. The van der Waals surface area contributed by atoms with Crippen molar-refractivity contribution in [3.05, 3.63) is 321 Å². The average Bonchev–Trinajstić information content (AvgIpc) is 3.36. The fraction of sp³-hybridized carbons (Fsp3) is 0.0312. The molecule has 0 saturated heterocycles. The van der Waals surface area contributed by atoms with Gasteiger partial charge in [0, 0.05) is 0 Å². The van der Waals surface area contributed by atoms with Gasteiger partial charge in [-0.1, -0.05) is 267 Å². The van der Waals surface area contributed by atoms with Crippen molar-refractivity contribution in [2.75, 3.05) is 0 Å².